The highest BCUT2D eigenvalue weighted by Gasteiger charge is 2.27. The summed E-state index contributed by atoms with van der Waals surface area (Å²) >= 11 is 0. The van der Waals surface area contributed by atoms with Crippen LogP contribution in [-0.4, -0.2) is 23.6 Å². The van der Waals surface area contributed by atoms with Crippen LogP contribution in [0.2, 0.25) is 0 Å². The molecule has 0 aliphatic heterocycles. The number of aromatic hydroxyl groups is 1. The van der Waals surface area contributed by atoms with E-state index in [1.165, 1.54) is 12.1 Å². The van der Waals surface area contributed by atoms with Crippen molar-refractivity contribution in [2.45, 2.75) is 25.3 Å². The van der Waals surface area contributed by atoms with Gasteiger partial charge in [0.1, 0.15) is 11.6 Å². The highest BCUT2D eigenvalue weighted by molar-refractivity contribution is 5.79. The Kier molecular flexibility index (Phi) is 3.81. The van der Waals surface area contributed by atoms with E-state index in [4.69, 9.17) is 5.73 Å². The molecule has 0 bridgehead atoms. The maximum Gasteiger partial charge on any atom is 0.224 e. The fraction of sp³-hybridized carbons (Fsp3) is 0.462. The maximum atomic E-state index is 13.1. The molecule has 2 rings (SSSR count). The van der Waals surface area contributed by atoms with E-state index in [1.54, 1.807) is 0 Å². The van der Waals surface area contributed by atoms with Crippen LogP contribution in [-0.2, 0) is 11.2 Å². The summed E-state index contributed by atoms with van der Waals surface area (Å²) in [6.07, 6.45) is 2.37. The van der Waals surface area contributed by atoms with Gasteiger partial charge in [0.2, 0.25) is 5.91 Å². The first-order valence-corrected chi connectivity index (χ1v) is 6.07. The van der Waals surface area contributed by atoms with Gasteiger partial charge < -0.3 is 16.2 Å². The van der Waals surface area contributed by atoms with Crippen molar-refractivity contribution in [2.24, 2.45) is 11.7 Å². The van der Waals surface area contributed by atoms with Gasteiger partial charge in [0.05, 0.1) is 5.92 Å². The standard InChI is InChI=1S/C13H17FN2O2/c14-10-4-8(5-12(17)6-10)3-9(7-15)13(18)16-11-1-2-11/h4-6,9,11,17H,1-3,7,15H2,(H,16,18). The van der Waals surface area contributed by atoms with E-state index >= 15 is 0 Å². The monoisotopic (exact) mass is 252 g/mol. The van der Waals surface area contributed by atoms with E-state index in [0.717, 1.165) is 18.9 Å². The molecule has 98 valence electrons. The summed E-state index contributed by atoms with van der Waals surface area (Å²) in [5, 5.41) is 12.2. The predicted octanol–water partition coefficient (Wildman–Crippen LogP) is 0.927. The fourth-order valence-corrected chi connectivity index (χ4v) is 1.87. The van der Waals surface area contributed by atoms with Gasteiger partial charge in [0, 0.05) is 18.7 Å². The van der Waals surface area contributed by atoms with Gasteiger partial charge in [-0.3, -0.25) is 4.79 Å². The molecule has 4 nitrogen and oxygen atoms in total. The average molecular weight is 252 g/mol. The molecule has 1 amide bonds. The number of amides is 1. The number of hydrogen-bond donors (Lipinski definition) is 3. The lowest BCUT2D eigenvalue weighted by molar-refractivity contribution is -0.124. The zero-order chi connectivity index (χ0) is 13.1. The molecule has 18 heavy (non-hydrogen) atoms. The number of benzene rings is 1. The van der Waals surface area contributed by atoms with Crippen LogP contribution in [0.3, 0.4) is 0 Å². The predicted molar refractivity (Wildman–Crippen MR) is 65.5 cm³/mol. The number of nitrogens with two attached hydrogens (primary N) is 1. The summed E-state index contributed by atoms with van der Waals surface area (Å²) in [5.41, 5.74) is 6.15. The third-order valence-corrected chi connectivity index (χ3v) is 3.00. The van der Waals surface area contributed by atoms with E-state index in [1.807, 2.05) is 0 Å². The van der Waals surface area contributed by atoms with Crippen LogP contribution >= 0.6 is 0 Å². The van der Waals surface area contributed by atoms with Crippen molar-refractivity contribution in [2.75, 3.05) is 6.54 Å². The van der Waals surface area contributed by atoms with E-state index in [2.05, 4.69) is 5.32 Å². The Labute approximate surface area is 105 Å². The van der Waals surface area contributed by atoms with Crippen LogP contribution in [0.5, 0.6) is 5.75 Å². The van der Waals surface area contributed by atoms with E-state index in [9.17, 15) is 14.3 Å². The second-order valence-corrected chi connectivity index (χ2v) is 4.74. The number of rotatable bonds is 5. The van der Waals surface area contributed by atoms with Crippen LogP contribution in [0.15, 0.2) is 18.2 Å². The van der Waals surface area contributed by atoms with Crippen LogP contribution in [0.25, 0.3) is 0 Å². The van der Waals surface area contributed by atoms with Gasteiger partial charge in [0.15, 0.2) is 0 Å². The minimum Gasteiger partial charge on any atom is -0.508 e. The Morgan fingerprint density at radius 1 is 1.50 bits per heavy atom. The van der Waals surface area contributed by atoms with E-state index < -0.39 is 5.82 Å². The highest BCUT2D eigenvalue weighted by atomic mass is 19.1. The van der Waals surface area contributed by atoms with Gasteiger partial charge in [-0.1, -0.05) is 0 Å². The fourth-order valence-electron chi connectivity index (χ4n) is 1.87. The topological polar surface area (TPSA) is 75.3 Å². The molecule has 0 aromatic heterocycles. The molecule has 5 heteroatoms. The lowest BCUT2D eigenvalue weighted by atomic mass is 9.98. The van der Waals surface area contributed by atoms with Crippen LogP contribution in [0.4, 0.5) is 4.39 Å². The van der Waals surface area contributed by atoms with E-state index in [-0.39, 0.29) is 30.2 Å². The minimum absolute atomic E-state index is 0.0937. The molecule has 0 saturated heterocycles. The normalized spacial score (nSPS) is 16.3. The van der Waals surface area contributed by atoms with Crippen LogP contribution in [0, 0.1) is 11.7 Å². The summed E-state index contributed by atoms with van der Waals surface area (Å²) in [6.45, 7) is 0.204. The van der Waals surface area contributed by atoms with Crippen molar-refractivity contribution in [3.63, 3.8) is 0 Å². The first-order chi connectivity index (χ1) is 8.58. The number of phenols is 1. The Balaban J connectivity index is 2.01. The molecule has 1 aromatic rings. The Bertz CT molecular complexity index is 426. The molecular weight excluding hydrogens is 235 g/mol. The van der Waals surface area contributed by atoms with E-state index in [0.29, 0.717) is 12.0 Å². The molecule has 1 aliphatic rings. The number of phenolic OH excluding ortho intramolecular Hbond substituents is 1. The van der Waals surface area contributed by atoms with Gasteiger partial charge in [-0.05, 0) is 37.0 Å². The molecular formula is C13H17FN2O2. The number of hydrogen-bond acceptors (Lipinski definition) is 3. The van der Waals surface area contributed by atoms with Gasteiger partial charge in [-0.2, -0.15) is 0 Å². The first kappa shape index (κ1) is 12.8. The molecule has 1 atom stereocenters. The minimum atomic E-state index is -0.511. The van der Waals surface area contributed by atoms with Crippen molar-refractivity contribution in [3.8, 4) is 5.75 Å². The van der Waals surface area contributed by atoms with Crippen molar-refractivity contribution >= 4 is 5.91 Å². The second-order valence-electron chi connectivity index (χ2n) is 4.74. The van der Waals surface area contributed by atoms with Gasteiger partial charge in [-0.25, -0.2) is 4.39 Å². The van der Waals surface area contributed by atoms with Crippen LogP contribution in [0.1, 0.15) is 18.4 Å². The summed E-state index contributed by atoms with van der Waals surface area (Å²) < 4.78 is 13.1. The lowest BCUT2D eigenvalue weighted by Gasteiger charge is -2.15. The summed E-state index contributed by atoms with van der Waals surface area (Å²) in [5.74, 6) is -1.12. The van der Waals surface area contributed by atoms with Crippen molar-refractivity contribution in [1.29, 1.82) is 0 Å². The molecule has 1 unspecified atom stereocenters. The quantitative estimate of drug-likeness (QED) is 0.729. The number of carbonyl (C=O) groups excluding carboxylic acids is 1. The third-order valence-electron chi connectivity index (χ3n) is 3.00. The lowest BCUT2D eigenvalue weighted by Crippen LogP contribution is -2.37. The summed E-state index contributed by atoms with van der Waals surface area (Å²) in [6, 6.07) is 4.08. The summed E-state index contributed by atoms with van der Waals surface area (Å²) in [7, 11) is 0. The van der Waals surface area contributed by atoms with Gasteiger partial charge in [-0.15, -0.1) is 0 Å². The smallest absolute Gasteiger partial charge is 0.224 e. The second kappa shape index (κ2) is 5.35. The molecule has 0 radical (unpaired) electrons. The molecule has 1 fully saturated rings. The molecule has 0 heterocycles. The SMILES string of the molecule is NCC(Cc1cc(O)cc(F)c1)C(=O)NC1CC1. The first-order valence-electron chi connectivity index (χ1n) is 6.07. The Hall–Kier alpha value is -1.62. The summed E-state index contributed by atoms with van der Waals surface area (Å²) in [4.78, 5) is 11.9. The maximum absolute atomic E-state index is 13.1. The largest absolute Gasteiger partial charge is 0.508 e. The van der Waals surface area contributed by atoms with Crippen molar-refractivity contribution < 1.29 is 14.3 Å². The van der Waals surface area contributed by atoms with Crippen molar-refractivity contribution in [1.82, 2.24) is 5.32 Å². The molecule has 0 spiro atoms. The van der Waals surface area contributed by atoms with Gasteiger partial charge in [0.25, 0.3) is 0 Å². The molecule has 1 aliphatic carbocycles. The van der Waals surface area contributed by atoms with Crippen molar-refractivity contribution in [3.05, 3.63) is 29.6 Å². The van der Waals surface area contributed by atoms with Crippen LogP contribution < -0.4 is 11.1 Å². The third kappa shape index (κ3) is 3.43. The molecule has 1 saturated carbocycles. The number of nitrogens with one attached hydrogen (secondary N) is 1. The number of halogens is 1. The zero-order valence-electron chi connectivity index (χ0n) is 10.0. The molecule has 1 aromatic carbocycles. The number of carbonyl (C=O) groups is 1. The average Bonchev–Trinajstić information content (AvgIpc) is 3.08. The highest BCUT2D eigenvalue weighted by Crippen LogP contribution is 2.21. The Morgan fingerprint density at radius 3 is 2.78 bits per heavy atom. The molecule has 4 N–H and O–H groups in total. The van der Waals surface area contributed by atoms with Gasteiger partial charge >= 0.3 is 0 Å². The zero-order valence-corrected chi connectivity index (χ0v) is 10.0. The Morgan fingerprint density at radius 2 is 2.22 bits per heavy atom.